The molecule has 0 saturated carbocycles. The number of fused-ring (bicyclic) bond motifs is 1. The van der Waals surface area contributed by atoms with Gasteiger partial charge < -0.3 is 10.1 Å². The lowest BCUT2D eigenvalue weighted by molar-refractivity contribution is -0.139. The summed E-state index contributed by atoms with van der Waals surface area (Å²) >= 11 is 0. The molecule has 4 rings (SSSR count). The summed E-state index contributed by atoms with van der Waals surface area (Å²) in [6.45, 7) is 3.93. The molecule has 3 aromatic rings. The van der Waals surface area contributed by atoms with Crippen LogP contribution >= 0.6 is 0 Å². The first kappa shape index (κ1) is 17.0. The maximum absolute atomic E-state index is 12.7. The maximum Gasteiger partial charge on any atom is 0.338 e. The van der Waals surface area contributed by atoms with Crippen LogP contribution in [0.1, 0.15) is 25.5 Å². The van der Waals surface area contributed by atoms with E-state index in [1.807, 2.05) is 49.4 Å². The van der Waals surface area contributed by atoms with E-state index in [4.69, 9.17) is 4.74 Å². The zero-order valence-corrected chi connectivity index (χ0v) is 15.1. The van der Waals surface area contributed by atoms with Gasteiger partial charge in [0.1, 0.15) is 6.04 Å². The lowest BCUT2D eigenvalue weighted by atomic mass is 9.97. The molecule has 0 fully saturated rings. The number of ether oxygens (including phenoxy) is 1. The highest BCUT2D eigenvalue weighted by Crippen LogP contribution is 2.36. The standard InChI is InChI=1S/C20H19N5O2/c1-3-27-19(26)16-13(2)22-20-23-18(14-8-5-4-6-9-14)24-25(20)17(16)15-10-7-11-21-12-15/h4-12,17H,3H2,1-2H3,(H,22,23,24). The molecule has 1 aliphatic rings. The fraction of sp³-hybridized carbons (Fsp3) is 0.200. The summed E-state index contributed by atoms with van der Waals surface area (Å²) in [5.41, 5.74) is 2.94. The minimum atomic E-state index is -0.459. The highest BCUT2D eigenvalue weighted by Gasteiger charge is 2.35. The average molecular weight is 361 g/mol. The number of nitrogens with one attached hydrogen (secondary N) is 1. The fourth-order valence-electron chi connectivity index (χ4n) is 3.18. The van der Waals surface area contributed by atoms with E-state index in [9.17, 15) is 4.79 Å². The summed E-state index contributed by atoms with van der Waals surface area (Å²) in [5, 5.41) is 7.87. The Labute approximate surface area is 156 Å². The van der Waals surface area contributed by atoms with Crippen molar-refractivity contribution in [2.24, 2.45) is 0 Å². The first-order valence-electron chi connectivity index (χ1n) is 8.76. The summed E-state index contributed by atoms with van der Waals surface area (Å²) in [6, 6.07) is 13.0. The molecule has 3 heterocycles. The predicted molar refractivity (Wildman–Crippen MR) is 101 cm³/mol. The number of hydrogen-bond donors (Lipinski definition) is 1. The highest BCUT2D eigenvalue weighted by atomic mass is 16.5. The van der Waals surface area contributed by atoms with Crippen molar-refractivity contribution in [3.05, 3.63) is 71.7 Å². The van der Waals surface area contributed by atoms with Gasteiger partial charge in [0.25, 0.3) is 0 Å². The van der Waals surface area contributed by atoms with Crippen molar-refractivity contribution in [3.8, 4) is 11.4 Å². The number of rotatable bonds is 4. The quantitative estimate of drug-likeness (QED) is 0.719. The zero-order valence-electron chi connectivity index (χ0n) is 15.1. The van der Waals surface area contributed by atoms with Crippen LogP contribution in [0.3, 0.4) is 0 Å². The lowest BCUT2D eigenvalue weighted by Gasteiger charge is -2.27. The molecule has 1 atom stereocenters. The Balaban J connectivity index is 1.86. The molecule has 0 bridgehead atoms. The summed E-state index contributed by atoms with van der Waals surface area (Å²) in [5.74, 6) is 0.789. The Bertz CT molecular complexity index is 996. The number of anilines is 1. The number of carbonyl (C=O) groups is 1. The topological polar surface area (TPSA) is 81.9 Å². The van der Waals surface area contributed by atoms with E-state index in [1.165, 1.54) is 0 Å². The molecular weight excluding hydrogens is 342 g/mol. The van der Waals surface area contributed by atoms with E-state index < -0.39 is 6.04 Å². The van der Waals surface area contributed by atoms with Crippen molar-refractivity contribution in [1.82, 2.24) is 19.7 Å². The Morgan fingerprint density at radius 1 is 1.22 bits per heavy atom. The van der Waals surface area contributed by atoms with Crippen LogP contribution in [0.25, 0.3) is 11.4 Å². The molecule has 7 nitrogen and oxygen atoms in total. The van der Waals surface area contributed by atoms with Gasteiger partial charge in [-0.05, 0) is 25.5 Å². The molecule has 7 heteroatoms. The van der Waals surface area contributed by atoms with Gasteiger partial charge in [0.15, 0.2) is 5.82 Å². The van der Waals surface area contributed by atoms with Crippen molar-refractivity contribution in [2.75, 3.05) is 11.9 Å². The van der Waals surface area contributed by atoms with E-state index in [-0.39, 0.29) is 5.97 Å². The molecule has 0 aliphatic carbocycles. The minimum absolute atomic E-state index is 0.300. The van der Waals surface area contributed by atoms with Crippen LogP contribution in [0.15, 0.2) is 66.1 Å². The van der Waals surface area contributed by atoms with Gasteiger partial charge in [0, 0.05) is 23.7 Å². The van der Waals surface area contributed by atoms with Crippen LogP contribution in [0.2, 0.25) is 0 Å². The van der Waals surface area contributed by atoms with Crippen LogP contribution in [0, 0.1) is 0 Å². The van der Waals surface area contributed by atoms with E-state index >= 15 is 0 Å². The Kier molecular flexibility index (Phi) is 4.42. The van der Waals surface area contributed by atoms with Crippen molar-refractivity contribution in [3.63, 3.8) is 0 Å². The lowest BCUT2D eigenvalue weighted by Crippen LogP contribution is -2.29. The molecule has 136 valence electrons. The number of pyridine rings is 1. The number of esters is 1. The van der Waals surface area contributed by atoms with Gasteiger partial charge in [-0.2, -0.15) is 4.98 Å². The normalized spacial score (nSPS) is 15.9. The second-order valence-corrected chi connectivity index (χ2v) is 6.14. The van der Waals surface area contributed by atoms with Crippen LogP contribution in [0.4, 0.5) is 5.95 Å². The fourth-order valence-corrected chi connectivity index (χ4v) is 3.18. The molecule has 27 heavy (non-hydrogen) atoms. The molecule has 1 aliphatic heterocycles. The molecular formula is C20H19N5O2. The smallest absolute Gasteiger partial charge is 0.338 e. The number of benzene rings is 1. The number of allylic oxidation sites excluding steroid dienone is 1. The molecule has 1 aromatic carbocycles. The third kappa shape index (κ3) is 3.08. The molecule has 0 radical (unpaired) electrons. The SMILES string of the molecule is CCOC(=O)C1=C(C)Nc2nc(-c3ccccc3)nn2C1c1cccnc1. The van der Waals surface area contributed by atoms with Crippen LogP contribution in [0.5, 0.6) is 0 Å². The number of carbonyl (C=O) groups excluding carboxylic acids is 1. The van der Waals surface area contributed by atoms with E-state index in [0.29, 0.717) is 29.6 Å². The molecule has 0 saturated heterocycles. The molecule has 0 spiro atoms. The first-order chi connectivity index (χ1) is 13.2. The minimum Gasteiger partial charge on any atom is -0.463 e. The summed E-state index contributed by atoms with van der Waals surface area (Å²) < 4.78 is 7.01. The second kappa shape index (κ2) is 7.03. The zero-order chi connectivity index (χ0) is 18.8. The predicted octanol–water partition coefficient (Wildman–Crippen LogP) is 3.19. The van der Waals surface area contributed by atoms with Gasteiger partial charge in [0.2, 0.25) is 5.95 Å². The summed E-state index contributed by atoms with van der Waals surface area (Å²) in [4.78, 5) is 21.5. The Hall–Kier alpha value is -3.48. The summed E-state index contributed by atoms with van der Waals surface area (Å²) in [6.07, 6.45) is 3.43. The highest BCUT2D eigenvalue weighted by molar-refractivity contribution is 5.92. The second-order valence-electron chi connectivity index (χ2n) is 6.14. The van der Waals surface area contributed by atoms with Gasteiger partial charge in [-0.3, -0.25) is 4.98 Å². The van der Waals surface area contributed by atoms with E-state index in [0.717, 1.165) is 11.1 Å². The van der Waals surface area contributed by atoms with Crippen LogP contribution in [-0.4, -0.2) is 32.3 Å². The maximum atomic E-state index is 12.7. The van der Waals surface area contributed by atoms with Crippen molar-refractivity contribution in [2.45, 2.75) is 19.9 Å². The van der Waals surface area contributed by atoms with Gasteiger partial charge in [0.05, 0.1) is 12.2 Å². The van der Waals surface area contributed by atoms with Gasteiger partial charge >= 0.3 is 5.97 Å². The van der Waals surface area contributed by atoms with E-state index in [1.54, 1.807) is 24.0 Å². The number of aromatic nitrogens is 4. The number of hydrogen-bond acceptors (Lipinski definition) is 6. The number of nitrogens with zero attached hydrogens (tertiary/aromatic N) is 4. The Morgan fingerprint density at radius 2 is 2.04 bits per heavy atom. The molecule has 1 N–H and O–H groups in total. The largest absolute Gasteiger partial charge is 0.463 e. The van der Waals surface area contributed by atoms with Crippen molar-refractivity contribution < 1.29 is 9.53 Å². The van der Waals surface area contributed by atoms with Crippen molar-refractivity contribution in [1.29, 1.82) is 0 Å². The third-order valence-electron chi connectivity index (χ3n) is 4.38. The van der Waals surface area contributed by atoms with Crippen LogP contribution < -0.4 is 5.32 Å². The van der Waals surface area contributed by atoms with Crippen LogP contribution in [-0.2, 0) is 9.53 Å². The third-order valence-corrected chi connectivity index (χ3v) is 4.38. The first-order valence-corrected chi connectivity index (χ1v) is 8.76. The average Bonchev–Trinajstić information content (AvgIpc) is 3.12. The summed E-state index contributed by atoms with van der Waals surface area (Å²) in [7, 11) is 0. The molecule has 2 aromatic heterocycles. The Morgan fingerprint density at radius 3 is 2.74 bits per heavy atom. The molecule has 1 unspecified atom stereocenters. The molecule has 0 amide bonds. The van der Waals surface area contributed by atoms with E-state index in [2.05, 4.69) is 20.4 Å². The van der Waals surface area contributed by atoms with Crippen molar-refractivity contribution >= 4 is 11.9 Å². The van der Waals surface area contributed by atoms with Gasteiger partial charge in [-0.15, -0.1) is 5.10 Å². The monoisotopic (exact) mass is 361 g/mol. The van der Waals surface area contributed by atoms with Gasteiger partial charge in [-0.1, -0.05) is 36.4 Å². The van der Waals surface area contributed by atoms with Gasteiger partial charge in [-0.25, -0.2) is 9.48 Å².